The van der Waals surface area contributed by atoms with E-state index in [1.165, 1.54) is 4.90 Å². The first kappa shape index (κ1) is 14.7. The minimum atomic E-state index is -0.590. The standard InChI is InChI=1S/C13H22N2O3/c1-5-18-13(17)10-6-9(4)7-15(10)12(16)11(14)8(2)3/h8,10-11H,4-7,14H2,1-3H3/t10-,11+/m1/s1. The predicted molar refractivity (Wildman–Crippen MR) is 68.7 cm³/mol. The molecular weight excluding hydrogens is 232 g/mol. The highest BCUT2D eigenvalue weighted by Crippen LogP contribution is 2.23. The first-order valence-electron chi connectivity index (χ1n) is 6.27. The van der Waals surface area contributed by atoms with E-state index in [0.29, 0.717) is 19.6 Å². The van der Waals surface area contributed by atoms with Crippen molar-refractivity contribution < 1.29 is 14.3 Å². The fourth-order valence-electron chi connectivity index (χ4n) is 1.96. The molecule has 0 aromatic rings. The average molecular weight is 254 g/mol. The van der Waals surface area contributed by atoms with Gasteiger partial charge in [0.2, 0.25) is 5.91 Å². The minimum absolute atomic E-state index is 0.0363. The first-order chi connectivity index (χ1) is 8.38. The van der Waals surface area contributed by atoms with Crippen LogP contribution in [0.25, 0.3) is 0 Å². The summed E-state index contributed by atoms with van der Waals surface area (Å²) < 4.78 is 4.98. The van der Waals surface area contributed by atoms with Crippen molar-refractivity contribution in [2.24, 2.45) is 11.7 Å². The molecule has 0 spiro atoms. The lowest BCUT2D eigenvalue weighted by Crippen LogP contribution is -2.50. The Morgan fingerprint density at radius 3 is 2.67 bits per heavy atom. The highest BCUT2D eigenvalue weighted by molar-refractivity contribution is 5.89. The average Bonchev–Trinajstić information content (AvgIpc) is 2.69. The molecule has 18 heavy (non-hydrogen) atoms. The first-order valence-corrected chi connectivity index (χ1v) is 6.27. The van der Waals surface area contributed by atoms with E-state index in [2.05, 4.69) is 6.58 Å². The van der Waals surface area contributed by atoms with Gasteiger partial charge in [-0.3, -0.25) is 4.79 Å². The van der Waals surface area contributed by atoms with Crippen LogP contribution in [-0.4, -0.2) is 42.0 Å². The second-order valence-corrected chi connectivity index (χ2v) is 4.96. The van der Waals surface area contributed by atoms with Crippen molar-refractivity contribution in [3.8, 4) is 0 Å². The molecular formula is C13H22N2O3. The molecule has 0 aliphatic carbocycles. The topological polar surface area (TPSA) is 72.6 Å². The molecule has 0 aromatic carbocycles. The second kappa shape index (κ2) is 6.00. The fourth-order valence-corrected chi connectivity index (χ4v) is 1.96. The van der Waals surface area contributed by atoms with Crippen LogP contribution in [0.2, 0.25) is 0 Å². The molecule has 2 atom stereocenters. The molecule has 1 aliphatic rings. The Morgan fingerprint density at radius 2 is 2.17 bits per heavy atom. The maximum atomic E-state index is 12.2. The van der Waals surface area contributed by atoms with Gasteiger partial charge in [-0.15, -0.1) is 0 Å². The summed E-state index contributed by atoms with van der Waals surface area (Å²) in [7, 11) is 0. The number of nitrogens with zero attached hydrogens (tertiary/aromatic N) is 1. The Labute approximate surface area is 108 Å². The van der Waals surface area contributed by atoms with Crippen molar-refractivity contribution in [1.29, 1.82) is 0 Å². The van der Waals surface area contributed by atoms with Crippen molar-refractivity contribution in [2.75, 3.05) is 13.2 Å². The zero-order valence-corrected chi connectivity index (χ0v) is 11.3. The lowest BCUT2D eigenvalue weighted by Gasteiger charge is -2.27. The smallest absolute Gasteiger partial charge is 0.329 e. The highest BCUT2D eigenvalue weighted by atomic mass is 16.5. The molecule has 1 heterocycles. The Morgan fingerprint density at radius 1 is 1.56 bits per heavy atom. The molecule has 0 aromatic heterocycles. The van der Waals surface area contributed by atoms with E-state index >= 15 is 0 Å². The van der Waals surface area contributed by atoms with Gasteiger partial charge in [-0.25, -0.2) is 4.79 Å². The molecule has 0 bridgehead atoms. The lowest BCUT2D eigenvalue weighted by atomic mass is 10.0. The van der Waals surface area contributed by atoms with Gasteiger partial charge < -0.3 is 15.4 Å². The molecule has 2 N–H and O–H groups in total. The minimum Gasteiger partial charge on any atom is -0.464 e. The van der Waals surface area contributed by atoms with Crippen molar-refractivity contribution in [3.05, 3.63) is 12.2 Å². The Bertz CT molecular complexity index is 352. The summed E-state index contributed by atoms with van der Waals surface area (Å²) in [5.41, 5.74) is 6.71. The van der Waals surface area contributed by atoms with Crippen LogP contribution in [0.4, 0.5) is 0 Å². The third-order valence-corrected chi connectivity index (χ3v) is 3.10. The van der Waals surface area contributed by atoms with Crippen molar-refractivity contribution in [3.63, 3.8) is 0 Å². The molecule has 0 radical (unpaired) electrons. The van der Waals surface area contributed by atoms with Gasteiger partial charge in [-0.2, -0.15) is 0 Å². The zero-order valence-electron chi connectivity index (χ0n) is 11.3. The molecule has 1 rings (SSSR count). The van der Waals surface area contributed by atoms with Gasteiger partial charge in [-0.05, 0) is 12.8 Å². The molecule has 102 valence electrons. The largest absolute Gasteiger partial charge is 0.464 e. The molecule has 0 unspecified atom stereocenters. The van der Waals surface area contributed by atoms with Crippen LogP contribution < -0.4 is 5.73 Å². The summed E-state index contributed by atoms with van der Waals surface area (Å²) in [6.07, 6.45) is 0.468. The van der Waals surface area contributed by atoms with Crippen LogP contribution in [0.5, 0.6) is 0 Å². The highest BCUT2D eigenvalue weighted by Gasteiger charge is 2.39. The van der Waals surface area contributed by atoms with E-state index in [4.69, 9.17) is 10.5 Å². The van der Waals surface area contributed by atoms with E-state index in [1.54, 1.807) is 6.92 Å². The van der Waals surface area contributed by atoms with Crippen LogP contribution in [-0.2, 0) is 14.3 Å². The van der Waals surface area contributed by atoms with Gasteiger partial charge in [0.05, 0.1) is 12.6 Å². The SMILES string of the molecule is C=C1C[C@H](C(=O)OCC)N(C(=O)[C@@H](N)C(C)C)C1. The van der Waals surface area contributed by atoms with Gasteiger partial charge in [0.1, 0.15) is 6.04 Å². The molecule has 1 aliphatic heterocycles. The molecule has 1 saturated heterocycles. The van der Waals surface area contributed by atoms with E-state index in [9.17, 15) is 9.59 Å². The van der Waals surface area contributed by atoms with Crippen LogP contribution in [0, 0.1) is 5.92 Å². The molecule has 1 fully saturated rings. The normalized spacial score (nSPS) is 21.3. The van der Waals surface area contributed by atoms with Gasteiger partial charge in [0, 0.05) is 13.0 Å². The Balaban J connectivity index is 2.81. The number of likely N-dealkylation sites (tertiary alicyclic amines) is 1. The van der Waals surface area contributed by atoms with Crippen molar-refractivity contribution in [2.45, 2.75) is 39.3 Å². The maximum absolute atomic E-state index is 12.2. The number of carbonyl (C=O) groups excluding carboxylic acids is 2. The van der Waals surface area contributed by atoms with Crippen molar-refractivity contribution >= 4 is 11.9 Å². The molecule has 1 amide bonds. The van der Waals surface area contributed by atoms with Gasteiger partial charge in [-0.1, -0.05) is 26.0 Å². The number of carbonyl (C=O) groups is 2. The number of hydrogen-bond donors (Lipinski definition) is 1. The van der Waals surface area contributed by atoms with Gasteiger partial charge >= 0.3 is 5.97 Å². The summed E-state index contributed by atoms with van der Waals surface area (Å²) in [6.45, 7) is 10.0. The summed E-state index contributed by atoms with van der Waals surface area (Å²) in [5, 5.41) is 0. The third kappa shape index (κ3) is 3.10. The van der Waals surface area contributed by atoms with E-state index < -0.39 is 12.1 Å². The summed E-state index contributed by atoms with van der Waals surface area (Å²) in [4.78, 5) is 25.5. The second-order valence-electron chi connectivity index (χ2n) is 4.96. The summed E-state index contributed by atoms with van der Waals surface area (Å²) in [6, 6.07) is -1.15. The predicted octanol–water partition coefficient (Wildman–Crippen LogP) is 0.690. The number of esters is 1. The molecule has 0 saturated carbocycles. The molecule has 5 heteroatoms. The number of hydrogen-bond acceptors (Lipinski definition) is 4. The summed E-state index contributed by atoms with van der Waals surface area (Å²) >= 11 is 0. The van der Waals surface area contributed by atoms with E-state index in [0.717, 1.165) is 5.57 Å². The van der Waals surface area contributed by atoms with Crippen LogP contribution in [0.1, 0.15) is 27.2 Å². The number of amides is 1. The number of rotatable bonds is 4. The monoisotopic (exact) mass is 254 g/mol. The van der Waals surface area contributed by atoms with E-state index in [-0.39, 0.29) is 17.8 Å². The van der Waals surface area contributed by atoms with Gasteiger partial charge in [0.15, 0.2) is 0 Å². The number of ether oxygens (including phenoxy) is 1. The number of nitrogens with two attached hydrogens (primary N) is 1. The van der Waals surface area contributed by atoms with Crippen molar-refractivity contribution in [1.82, 2.24) is 4.90 Å². The Hall–Kier alpha value is -1.36. The molecule has 5 nitrogen and oxygen atoms in total. The third-order valence-electron chi connectivity index (χ3n) is 3.10. The van der Waals surface area contributed by atoms with Crippen LogP contribution in [0.15, 0.2) is 12.2 Å². The van der Waals surface area contributed by atoms with E-state index in [1.807, 2.05) is 13.8 Å². The summed E-state index contributed by atoms with van der Waals surface area (Å²) in [5.74, 6) is -0.545. The quantitative estimate of drug-likeness (QED) is 0.592. The van der Waals surface area contributed by atoms with Crippen LogP contribution >= 0.6 is 0 Å². The fraction of sp³-hybridized carbons (Fsp3) is 0.692. The Kier molecular flexibility index (Phi) is 4.90. The van der Waals surface area contributed by atoms with Crippen LogP contribution in [0.3, 0.4) is 0 Å². The van der Waals surface area contributed by atoms with Gasteiger partial charge in [0.25, 0.3) is 0 Å². The maximum Gasteiger partial charge on any atom is 0.329 e. The zero-order chi connectivity index (χ0) is 13.9. The lowest BCUT2D eigenvalue weighted by molar-refractivity contribution is -0.153.